The van der Waals surface area contributed by atoms with Crippen LogP contribution < -0.4 is 4.74 Å². The summed E-state index contributed by atoms with van der Waals surface area (Å²) in [4.78, 5) is 8.84. The Hall–Kier alpha value is -3.28. The van der Waals surface area contributed by atoms with Gasteiger partial charge in [-0.3, -0.25) is 4.57 Å². The number of methoxy groups -OCH3 is 1. The van der Waals surface area contributed by atoms with Gasteiger partial charge in [0, 0.05) is 18.5 Å². The van der Waals surface area contributed by atoms with Gasteiger partial charge < -0.3 is 9.84 Å². The van der Waals surface area contributed by atoms with Crippen molar-refractivity contribution in [2.24, 2.45) is 0 Å². The van der Waals surface area contributed by atoms with Gasteiger partial charge in [-0.2, -0.15) is 5.26 Å². The van der Waals surface area contributed by atoms with E-state index in [2.05, 4.69) is 16.0 Å². The summed E-state index contributed by atoms with van der Waals surface area (Å²) in [5, 5.41) is 21.4. The summed E-state index contributed by atoms with van der Waals surface area (Å²) in [6.07, 6.45) is 3.54. The number of aliphatic hydroxyl groups excluding tert-OH is 1. The zero-order valence-electron chi connectivity index (χ0n) is 15.4. The van der Waals surface area contributed by atoms with Gasteiger partial charge in [-0.05, 0) is 24.3 Å². The number of benzene rings is 2. The number of aliphatic hydroxyl groups is 1. The molecule has 4 rings (SSSR count). The highest BCUT2D eigenvalue weighted by atomic mass is 32.2. The quantitative estimate of drug-likeness (QED) is 0.266. The van der Waals surface area contributed by atoms with Crippen molar-refractivity contribution in [3.63, 3.8) is 0 Å². The molecule has 0 aliphatic heterocycles. The summed E-state index contributed by atoms with van der Waals surface area (Å²) >= 11 is 2.73. The second kappa shape index (κ2) is 8.39. The number of fused-ring (bicyclic) bond motifs is 1. The maximum Gasteiger partial charge on any atom is 0.173 e. The lowest BCUT2D eigenvalue weighted by molar-refractivity contribution is 0.414. The number of para-hydroxylation sites is 1. The summed E-state index contributed by atoms with van der Waals surface area (Å²) in [5.74, 6) is 0.939. The third kappa shape index (κ3) is 3.97. The molecule has 0 unspecified atom stereocenters. The summed E-state index contributed by atoms with van der Waals surface area (Å²) in [6.45, 7) is 0. The molecule has 29 heavy (non-hydrogen) atoms. The standard InChI is InChI=1S/C21H16N4O2S2/c1-27-15-6-4-5-14(11-15)25-10-9-23-21(25)28-13-18(26)16(12-22)20-24-17-7-2-3-8-19(17)29-20/h2-11,26H,13H2,1H3/b18-16-. The SMILES string of the molecule is COc1cccc(-n2ccnc2SC/C(O)=C(\C#N)c2nc3ccccc3s2)c1. The minimum absolute atomic E-state index is 0.0169. The first-order chi connectivity index (χ1) is 14.2. The molecule has 8 heteroatoms. The zero-order chi connectivity index (χ0) is 20.2. The van der Waals surface area contributed by atoms with Crippen molar-refractivity contribution in [3.8, 4) is 17.5 Å². The first-order valence-electron chi connectivity index (χ1n) is 8.68. The Morgan fingerprint density at radius 3 is 2.93 bits per heavy atom. The van der Waals surface area contributed by atoms with Gasteiger partial charge in [-0.25, -0.2) is 9.97 Å². The van der Waals surface area contributed by atoms with Crippen molar-refractivity contribution in [1.29, 1.82) is 5.26 Å². The molecule has 0 aliphatic carbocycles. The van der Waals surface area contributed by atoms with E-state index in [0.29, 0.717) is 10.2 Å². The second-order valence-corrected chi connectivity index (χ2v) is 7.96. The summed E-state index contributed by atoms with van der Waals surface area (Å²) in [6, 6.07) is 17.4. The number of thioether (sulfide) groups is 1. The highest BCUT2D eigenvalue weighted by molar-refractivity contribution is 7.99. The molecule has 2 heterocycles. The Morgan fingerprint density at radius 2 is 2.14 bits per heavy atom. The van der Waals surface area contributed by atoms with Gasteiger partial charge in [0.05, 0.1) is 28.8 Å². The minimum atomic E-state index is -0.0169. The summed E-state index contributed by atoms with van der Waals surface area (Å²) < 4.78 is 8.16. The van der Waals surface area contributed by atoms with Gasteiger partial charge in [-0.1, -0.05) is 30.0 Å². The van der Waals surface area contributed by atoms with E-state index in [1.807, 2.05) is 59.3 Å². The highest BCUT2D eigenvalue weighted by Crippen LogP contribution is 2.30. The van der Waals surface area contributed by atoms with Crippen LogP contribution in [0.2, 0.25) is 0 Å². The van der Waals surface area contributed by atoms with Gasteiger partial charge in [0.15, 0.2) is 5.16 Å². The molecule has 0 spiro atoms. The first kappa shape index (κ1) is 19.1. The van der Waals surface area contributed by atoms with Crippen LogP contribution in [0.3, 0.4) is 0 Å². The molecule has 0 radical (unpaired) electrons. The van der Waals surface area contributed by atoms with E-state index in [9.17, 15) is 10.4 Å². The Kier molecular flexibility index (Phi) is 5.51. The average Bonchev–Trinajstić information content (AvgIpc) is 3.39. The third-order valence-corrected chi connectivity index (χ3v) is 6.22. The largest absolute Gasteiger partial charge is 0.510 e. The number of nitriles is 1. The van der Waals surface area contributed by atoms with Crippen LogP contribution in [0, 0.1) is 11.3 Å². The second-order valence-electron chi connectivity index (χ2n) is 5.99. The Labute approximate surface area is 175 Å². The van der Waals surface area contributed by atoms with Crippen molar-refractivity contribution in [1.82, 2.24) is 14.5 Å². The van der Waals surface area contributed by atoms with Gasteiger partial charge in [0.25, 0.3) is 0 Å². The molecule has 0 saturated carbocycles. The lowest BCUT2D eigenvalue weighted by Gasteiger charge is -2.09. The van der Waals surface area contributed by atoms with Crippen molar-refractivity contribution < 1.29 is 9.84 Å². The van der Waals surface area contributed by atoms with E-state index in [1.165, 1.54) is 23.1 Å². The molecule has 0 saturated heterocycles. The van der Waals surface area contributed by atoms with E-state index in [1.54, 1.807) is 13.3 Å². The molecule has 0 amide bonds. The molecular weight excluding hydrogens is 404 g/mol. The summed E-state index contributed by atoms with van der Waals surface area (Å²) in [7, 11) is 1.62. The van der Waals surface area contributed by atoms with Crippen molar-refractivity contribution in [2.75, 3.05) is 12.9 Å². The smallest absolute Gasteiger partial charge is 0.173 e. The number of nitrogens with zero attached hydrogens (tertiary/aromatic N) is 4. The molecule has 4 aromatic rings. The number of aromatic nitrogens is 3. The molecule has 0 aliphatic rings. The van der Waals surface area contributed by atoms with Crippen molar-refractivity contribution in [3.05, 3.63) is 71.7 Å². The Bertz CT molecular complexity index is 1200. The lowest BCUT2D eigenvalue weighted by atomic mass is 10.2. The number of ether oxygens (including phenoxy) is 1. The normalized spacial score (nSPS) is 11.9. The number of thiazole rings is 1. The molecule has 144 valence electrons. The molecule has 1 N–H and O–H groups in total. The van der Waals surface area contributed by atoms with Crippen LogP contribution in [0.5, 0.6) is 5.75 Å². The van der Waals surface area contributed by atoms with Gasteiger partial charge in [-0.15, -0.1) is 11.3 Å². The van der Waals surface area contributed by atoms with Crippen molar-refractivity contribution in [2.45, 2.75) is 5.16 Å². The van der Waals surface area contributed by atoms with Crippen LogP contribution in [0.4, 0.5) is 0 Å². The molecular formula is C21H16N4O2S2. The highest BCUT2D eigenvalue weighted by Gasteiger charge is 2.15. The topological polar surface area (TPSA) is 84.0 Å². The van der Waals surface area contributed by atoms with E-state index in [4.69, 9.17) is 4.74 Å². The molecule has 0 fully saturated rings. The fourth-order valence-electron chi connectivity index (χ4n) is 2.77. The molecule has 2 aromatic heterocycles. The number of allylic oxidation sites excluding steroid dienone is 1. The lowest BCUT2D eigenvalue weighted by Crippen LogP contribution is -1.98. The van der Waals surface area contributed by atoms with E-state index < -0.39 is 0 Å². The Morgan fingerprint density at radius 1 is 1.28 bits per heavy atom. The van der Waals surface area contributed by atoms with Crippen molar-refractivity contribution >= 4 is 38.9 Å². The van der Waals surface area contributed by atoms with Crippen LogP contribution in [-0.2, 0) is 0 Å². The maximum atomic E-state index is 10.6. The number of hydrogen-bond acceptors (Lipinski definition) is 7. The predicted molar refractivity (Wildman–Crippen MR) is 116 cm³/mol. The number of imidazole rings is 1. The van der Waals surface area contributed by atoms with Crippen LogP contribution in [0.1, 0.15) is 5.01 Å². The van der Waals surface area contributed by atoms with E-state index in [-0.39, 0.29) is 17.1 Å². The van der Waals surface area contributed by atoms with Gasteiger partial charge in [0.2, 0.25) is 0 Å². The van der Waals surface area contributed by atoms with Gasteiger partial charge >= 0.3 is 0 Å². The zero-order valence-corrected chi connectivity index (χ0v) is 17.1. The van der Waals surface area contributed by atoms with Crippen LogP contribution in [0.15, 0.2) is 71.8 Å². The molecule has 6 nitrogen and oxygen atoms in total. The fraction of sp³-hybridized carbons (Fsp3) is 0.0952. The number of hydrogen-bond donors (Lipinski definition) is 1. The number of rotatable bonds is 6. The molecule has 2 aromatic carbocycles. The monoisotopic (exact) mass is 420 g/mol. The van der Waals surface area contributed by atoms with E-state index in [0.717, 1.165) is 21.7 Å². The van der Waals surface area contributed by atoms with Crippen LogP contribution in [-0.4, -0.2) is 32.5 Å². The predicted octanol–water partition coefficient (Wildman–Crippen LogP) is 5.08. The molecule has 0 atom stereocenters. The van der Waals surface area contributed by atoms with E-state index >= 15 is 0 Å². The van der Waals surface area contributed by atoms with Crippen LogP contribution >= 0.6 is 23.1 Å². The Balaban J connectivity index is 1.58. The average molecular weight is 421 g/mol. The first-order valence-corrected chi connectivity index (χ1v) is 10.5. The molecule has 0 bridgehead atoms. The maximum absolute atomic E-state index is 10.6. The van der Waals surface area contributed by atoms with Crippen LogP contribution in [0.25, 0.3) is 21.5 Å². The van der Waals surface area contributed by atoms with Gasteiger partial charge in [0.1, 0.15) is 28.2 Å². The minimum Gasteiger partial charge on any atom is -0.510 e. The fourth-order valence-corrected chi connectivity index (χ4v) is 4.61. The summed E-state index contributed by atoms with van der Waals surface area (Å²) in [5.41, 5.74) is 1.91. The third-order valence-electron chi connectivity index (χ3n) is 4.18.